The Labute approximate surface area is 302 Å². The van der Waals surface area contributed by atoms with Crippen molar-refractivity contribution in [3.63, 3.8) is 0 Å². The van der Waals surface area contributed by atoms with Gasteiger partial charge in [0.15, 0.2) is 5.82 Å². The predicted molar refractivity (Wildman–Crippen MR) is 214 cm³/mol. The number of rotatable bonds is 5. The highest BCUT2D eigenvalue weighted by atomic mass is 16.3. The number of benzene rings is 7. The molecule has 0 radical (unpaired) electrons. The third-order valence-corrected chi connectivity index (χ3v) is 10.7. The van der Waals surface area contributed by atoms with Crippen LogP contribution in [0.2, 0.25) is 0 Å². The Morgan fingerprint density at radius 2 is 1.02 bits per heavy atom. The van der Waals surface area contributed by atoms with Gasteiger partial charge < -0.3 is 4.42 Å². The zero-order valence-electron chi connectivity index (χ0n) is 29.0. The van der Waals surface area contributed by atoms with E-state index in [0.717, 1.165) is 50.4 Å². The molecule has 0 saturated heterocycles. The summed E-state index contributed by atoms with van der Waals surface area (Å²) in [7, 11) is 0. The molecule has 0 N–H and O–H groups in total. The van der Waals surface area contributed by atoms with Crippen molar-refractivity contribution in [3.05, 3.63) is 181 Å². The van der Waals surface area contributed by atoms with Crippen LogP contribution in [0, 0.1) is 0 Å². The molecule has 3 nitrogen and oxygen atoms in total. The van der Waals surface area contributed by atoms with Gasteiger partial charge in [-0.3, -0.25) is 0 Å². The summed E-state index contributed by atoms with van der Waals surface area (Å²) in [6.07, 6.45) is 0. The quantitative estimate of drug-likeness (QED) is 0.183. The Morgan fingerprint density at radius 3 is 1.71 bits per heavy atom. The summed E-state index contributed by atoms with van der Waals surface area (Å²) in [5, 5.41) is 3.65. The maximum Gasteiger partial charge on any atom is 0.160 e. The van der Waals surface area contributed by atoms with Crippen LogP contribution in [-0.4, -0.2) is 9.97 Å². The molecule has 3 heteroatoms. The first-order chi connectivity index (χ1) is 25.5. The molecule has 2 aromatic heterocycles. The van der Waals surface area contributed by atoms with E-state index in [-0.39, 0.29) is 5.41 Å². The lowest BCUT2D eigenvalue weighted by atomic mass is 9.81. The highest BCUT2D eigenvalue weighted by molar-refractivity contribution is 5.98. The monoisotopic (exact) mass is 666 g/mol. The molecule has 0 bridgehead atoms. The molecule has 0 unspecified atom stereocenters. The van der Waals surface area contributed by atoms with E-state index in [1.807, 2.05) is 36.4 Å². The molecule has 1 aliphatic carbocycles. The molecule has 9 aromatic rings. The lowest BCUT2D eigenvalue weighted by molar-refractivity contribution is 0.631. The summed E-state index contributed by atoms with van der Waals surface area (Å²) in [4.78, 5) is 10.2. The van der Waals surface area contributed by atoms with E-state index in [1.165, 1.54) is 44.2 Å². The molecular weight excluding hydrogens is 633 g/mol. The Morgan fingerprint density at radius 1 is 0.423 bits per heavy atom. The van der Waals surface area contributed by atoms with Crippen LogP contribution in [0.25, 0.3) is 89.2 Å². The minimum atomic E-state index is -0.0832. The van der Waals surface area contributed by atoms with Crippen LogP contribution in [0.4, 0.5) is 0 Å². The van der Waals surface area contributed by atoms with Crippen molar-refractivity contribution < 1.29 is 4.42 Å². The fourth-order valence-corrected chi connectivity index (χ4v) is 7.92. The number of furan rings is 1. The van der Waals surface area contributed by atoms with Gasteiger partial charge in [0.2, 0.25) is 0 Å². The maximum absolute atomic E-state index is 6.14. The Kier molecular flexibility index (Phi) is 6.84. The van der Waals surface area contributed by atoms with Crippen molar-refractivity contribution in [2.45, 2.75) is 19.3 Å². The zero-order chi connectivity index (χ0) is 34.8. The van der Waals surface area contributed by atoms with E-state index in [0.29, 0.717) is 5.82 Å². The van der Waals surface area contributed by atoms with Crippen molar-refractivity contribution in [2.24, 2.45) is 0 Å². The molecule has 0 saturated carbocycles. The van der Waals surface area contributed by atoms with Gasteiger partial charge in [-0.25, -0.2) is 9.97 Å². The fourth-order valence-electron chi connectivity index (χ4n) is 7.92. The molecule has 0 spiro atoms. The molecule has 7 aromatic carbocycles. The molecule has 2 heterocycles. The standard InChI is InChI=1S/C49H34N2O/c1-49(2)41-17-10-16-39(47(41)40-27-36-13-6-7-14-37(36)28-42(40)49)31-19-21-32(22-20-31)43-30-44(51-48(50-43)35-11-4-3-5-12-35)33-23-25-34(26-24-33)46-29-38-15-8-9-18-45(38)52-46/h3-30H,1-2H3. The van der Waals surface area contributed by atoms with Crippen LogP contribution in [-0.2, 0) is 5.41 Å². The number of fused-ring (bicyclic) bond motifs is 5. The van der Waals surface area contributed by atoms with Crippen LogP contribution in [0.5, 0.6) is 0 Å². The predicted octanol–water partition coefficient (Wildman–Crippen LogP) is 13.0. The smallest absolute Gasteiger partial charge is 0.160 e. The number of hydrogen-bond donors (Lipinski definition) is 0. The van der Waals surface area contributed by atoms with Crippen molar-refractivity contribution in [1.29, 1.82) is 0 Å². The third kappa shape index (κ3) is 4.97. The molecule has 1 aliphatic rings. The first-order valence-corrected chi connectivity index (χ1v) is 17.8. The average molecular weight is 667 g/mol. The van der Waals surface area contributed by atoms with Crippen LogP contribution in [0.3, 0.4) is 0 Å². The van der Waals surface area contributed by atoms with Gasteiger partial charge in [0.05, 0.1) is 11.4 Å². The first-order valence-electron chi connectivity index (χ1n) is 17.8. The summed E-state index contributed by atoms with van der Waals surface area (Å²) in [6.45, 7) is 4.70. The van der Waals surface area contributed by atoms with Crippen LogP contribution in [0.1, 0.15) is 25.0 Å². The van der Waals surface area contributed by atoms with Gasteiger partial charge in [-0.15, -0.1) is 0 Å². The van der Waals surface area contributed by atoms with Crippen molar-refractivity contribution in [1.82, 2.24) is 9.97 Å². The molecule has 0 fully saturated rings. The SMILES string of the molecule is CC1(C)c2cc3ccccc3cc2-c2c(-c3ccc(-c4cc(-c5ccc(-c6cc7ccccc7o6)cc5)nc(-c5ccccc5)n4)cc3)cccc21. The van der Waals surface area contributed by atoms with E-state index in [2.05, 4.69) is 147 Å². The van der Waals surface area contributed by atoms with E-state index in [1.54, 1.807) is 0 Å². The fraction of sp³-hybridized carbons (Fsp3) is 0.0612. The lowest BCUT2D eigenvalue weighted by Crippen LogP contribution is -2.14. The van der Waals surface area contributed by atoms with Crippen LogP contribution < -0.4 is 0 Å². The third-order valence-electron chi connectivity index (χ3n) is 10.7. The minimum Gasteiger partial charge on any atom is -0.456 e. The highest BCUT2D eigenvalue weighted by Gasteiger charge is 2.37. The second-order valence-electron chi connectivity index (χ2n) is 14.2. The summed E-state index contributed by atoms with van der Waals surface area (Å²) in [5.74, 6) is 1.55. The van der Waals surface area contributed by atoms with E-state index in [4.69, 9.17) is 14.4 Å². The largest absolute Gasteiger partial charge is 0.456 e. The van der Waals surface area contributed by atoms with Gasteiger partial charge in [-0.2, -0.15) is 0 Å². The van der Waals surface area contributed by atoms with Gasteiger partial charge in [0.1, 0.15) is 11.3 Å². The Balaban J connectivity index is 1.04. The minimum absolute atomic E-state index is 0.0832. The normalized spacial score (nSPS) is 13.0. The van der Waals surface area contributed by atoms with Crippen molar-refractivity contribution in [2.75, 3.05) is 0 Å². The van der Waals surface area contributed by atoms with E-state index < -0.39 is 0 Å². The zero-order valence-corrected chi connectivity index (χ0v) is 29.0. The van der Waals surface area contributed by atoms with Crippen LogP contribution >= 0.6 is 0 Å². The molecule has 0 amide bonds. The van der Waals surface area contributed by atoms with E-state index >= 15 is 0 Å². The van der Waals surface area contributed by atoms with Gasteiger partial charge in [-0.1, -0.05) is 153 Å². The van der Waals surface area contributed by atoms with Crippen molar-refractivity contribution in [3.8, 4) is 67.5 Å². The van der Waals surface area contributed by atoms with Gasteiger partial charge in [0, 0.05) is 33.1 Å². The van der Waals surface area contributed by atoms with Crippen molar-refractivity contribution >= 4 is 21.7 Å². The second-order valence-corrected chi connectivity index (χ2v) is 14.2. The average Bonchev–Trinajstić information content (AvgIpc) is 3.74. The topological polar surface area (TPSA) is 38.9 Å². The van der Waals surface area contributed by atoms with E-state index in [9.17, 15) is 0 Å². The lowest BCUT2D eigenvalue weighted by Gasteiger charge is -2.22. The van der Waals surface area contributed by atoms with Gasteiger partial charge >= 0.3 is 0 Å². The number of hydrogen-bond acceptors (Lipinski definition) is 3. The summed E-state index contributed by atoms with van der Waals surface area (Å²) in [5.41, 5.74) is 14.5. The first kappa shape index (κ1) is 30.3. The Hall–Kier alpha value is -6.58. The van der Waals surface area contributed by atoms with Gasteiger partial charge in [-0.05, 0) is 74.5 Å². The summed E-state index contributed by atoms with van der Waals surface area (Å²) in [6, 6.07) is 60.0. The van der Waals surface area contributed by atoms with Gasteiger partial charge in [0.25, 0.3) is 0 Å². The molecule has 10 rings (SSSR count). The Bertz CT molecular complexity index is 2760. The number of aromatic nitrogens is 2. The van der Waals surface area contributed by atoms with Crippen LogP contribution in [0.15, 0.2) is 174 Å². The maximum atomic E-state index is 6.14. The summed E-state index contributed by atoms with van der Waals surface area (Å²) >= 11 is 0. The molecule has 0 atom stereocenters. The molecule has 52 heavy (non-hydrogen) atoms. The second kappa shape index (κ2) is 11.8. The number of nitrogens with zero attached hydrogens (tertiary/aromatic N) is 2. The molecular formula is C49H34N2O. The number of para-hydroxylation sites is 1. The summed E-state index contributed by atoms with van der Waals surface area (Å²) < 4.78 is 6.14. The molecule has 246 valence electrons. The highest BCUT2D eigenvalue weighted by Crippen LogP contribution is 2.53. The molecule has 0 aliphatic heterocycles.